The average molecular weight is 440 g/mol. The number of carbonyl (C=O) groups is 1. The lowest BCUT2D eigenvalue weighted by molar-refractivity contribution is -0.137. The maximum absolute atomic E-state index is 12.6. The smallest absolute Gasteiger partial charge is 0.337 e. The molecule has 2 aromatic carbocycles. The van der Waals surface area contributed by atoms with E-state index < -0.39 is 27.8 Å². The third-order valence-electron chi connectivity index (χ3n) is 3.90. The minimum Gasteiger partial charge on any atom is -0.337 e. The second-order valence-corrected chi connectivity index (χ2v) is 7.87. The fourth-order valence-electron chi connectivity index (χ4n) is 2.34. The highest BCUT2D eigenvalue weighted by atomic mass is 32.2. The molecule has 158 valence electrons. The van der Waals surface area contributed by atoms with Gasteiger partial charge in [-0.25, -0.2) is 17.9 Å². The monoisotopic (exact) mass is 440 g/mol. The summed E-state index contributed by atoms with van der Waals surface area (Å²) in [4.78, 5) is 15.8. The van der Waals surface area contributed by atoms with Crippen LogP contribution in [0.15, 0.2) is 57.9 Å². The van der Waals surface area contributed by atoms with Crippen molar-refractivity contribution in [2.75, 3.05) is 0 Å². The number of alkyl halides is 3. The Morgan fingerprint density at radius 3 is 2.30 bits per heavy atom. The predicted octanol–water partition coefficient (Wildman–Crippen LogP) is 3.25. The minimum absolute atomic E-state index is 0.0215. The molecule has 0 fully saturated rings. The molecule has 12 heteroatoms. The molecule has 1 heterocycles. The number of benzene rings is 2. The Kier molecular flexibility index (Phi) is 5.78. The quantitative estimate of drug-likeness (QED) is 0.630. The van der Waals surface area contributed by atoms with Crippen LogP contribution in [-0.2, 0) is 22.7 Å². The third-order valence-corrected chi connectivity index (χ3v) is 5.24. The van der Waals surface area contributed by atoms with Crippen molar-refractivity contribution < 1.29 is 30.9 Å². The van der Waals surface area contributed by atoms with Crippen molar-refractivity contribution >= 4 is 16.1 Å². The summed E-state index contributed by atoms with van der Waals surface area (Å²) < 4.78 is 68.9. The minimum atomic E-state index is -4.46. The van der Waals surface area contributed by atoms with E-state index in [9.17, 15) is 26.4 Å². The molecule has 2 amide bonds. The molecule has 0 unspecified atom stereocenters. The van der Waals surface area contributed by atoms with Crippen molar-refractivity contribution in [3.05, 3.63) is 65.5 Å². The third kappa shape index (κ3) is 5.14. The number of rotatable bonds is 5. The van der Waals surface area contributed by atoms with Crippen LogP contribution in [0.5, 0.6) is 0 Å². The first-order valence-corrected chi connectivity index (χ1v) is 9.90. The summed E-state index contributed by atoms with van der Waals surface area (Å²) in [5.74, 6) is -0.0407. The van der Waals surface area contributed by atoms with Crippen molar-refractivity contribution in [2.24, 2.45) is 0 Å². The van der Waals surface area contributed by atoms with E-state index in [1.165, 1.54) is 24.3 Å². The van der Waals surface area contributed by atoms with Gasteiger partial charge >= 0.3 is 12.2 Å². The van der Waals surface area contributed by atoms with Crippen LogP contribution in [0.3, 0.4) is 0 Å². The zero-order chi connectivity index (χ0) is 21.9. The summed E-state index contributed by atoms with van der Waals surface area (Å²) in [6.45, 7) is 1.50. The largest absolute Gasteiger partial charge is 0.416 e. The molecule has 0 spiro atoms. The van der Waals surface area contributed by atoms with Gasteiger partial charge in [-0.15, -0.1) is 0 Å². The van der Waals surface area contributed by atoms with E-state index in [0.717, 1.165) is 17.7 Å². The summed E-state index contributed by atoms with van der Waals surface area (Å²) in [6.07, 6.45) is -4.46. The Bertz CT molecular complexity index is 1140. The number of carbonyl (C=O) groups excluding carboxylic acids is 1. The summed E-state index contributed by atoms with van der Waals surface area (Å²) in [5.41, 5.74) is 0.325. The van der Waals surface area contributed by atoms with Crippen LogP contribution in [-0.4, -0.2) is 24.6 Å². The molecule has 0 bridgehead atoms. The molecule has 0 radical (unpaired) electrons. The molecule has 1 aromatic heterocycles. The molecule has 3 aromatic rings. The van der Waals surface area contributed by atoms with Crippen LogP contribution in [0, 0.1) is 6.92 Å². The van der Waals surface area contributed by atoms with Crippen LogP contribution in [0.4, 0.5) is 18.0 Å². The number of nitrogens with zero attached hydrogens (tertiary/aromatic N) is 2. The fraction of sp³-hybridized carbons (Fsp3) is 0.167. The molecule has 3 rings (SSSR count). The lowest BCUT2D eigenvalue weighted by atomic mass is 10.1. The first kappa shape index (κ1) is 21.3. The van der Waals surface area contributed by atoms with Gasteiger partial charge < -0.3 is 9.84 Å². The Morgan fingerprint density at radius 1 is 1.07 bits per heavy atom. The number of halogens is 3. The van der Waals surface area contributed by atoms with E-state index in [1.807, 2.05) is 4.72 Å². The Balaban J connectivity index is 1.60. The van der Waals surface area contributed by atoms with Crippen molar-refractivity contribution in [3.8, 4) is 11.4 Å². The topological polar surface area (TPSA) is 114 Å². The zero-order valence-corrected chi connectivity index (χ0v) is 16.2. The van der Waals surface area contributed by atoms with Gasteiger partial charge in [-0.3, -0.25) is 0 Å². The summed E-state index contributed by atoms with van der Waals surface area (Å²) in [5, 5.41) is 5.89. The maximum Gasteiger partial charge on any atom is 0.416 e. The highest BCUT2D eigenvalue weighted by molar-refractivity contribution is 7.90. The molecule has 0 aliphatic carbocycles. The number of aromatic nitrogens is 2. The van der Waals surface area contributed by atoms with Gasteiger partial charge in [0, 0.05) is 5.56 Å². The standard InChI is InChI=1S/C18H15F3N4O4S/c1-11-2-8-14(9-3-11)30(27,28)25-17(26)22-10-15-23-16(24-29-15)12-4-6-13(7-5-12)18(19,20)21/h2-9H,10H2,1H3,(H2,22,25,26). The normalized spacial score (nSPS) is 11.9. The molecule has 0 aliphatic heterocycles. The van der Waals surface area contributed by atoms with E-state index in [1.54, 1.807) is 19.1 Å². The van der Waals surface area contributed by atoms with Gasteiger partial charge in [-0.2, -0.15) is 18.2 Å². The van der Waals surface area contributed by atoms with Gasteiger partial charge in [0.05, 0.1) is 17.0 Å². The van der Waals surface area contributed by atoms with Gasteiger partial charge in [-0.05, 0) is 31.2 Å². The maximum atomic E-state index is 12.6. The van der Waals surface area contributed by atoms with E-state index in [0.29, 0.717) is 0 Å². The molecule has 0 saturated heterocycles. The molecular formula is C18H15F3N4O4S. The lowest BCUT2D eigenvalue weighted by Crippen LogP contribution is -2.39. The Hall–Kier alpha value is -3.41. The Labute approximate surface area is 169 Å². The highest BCUT2D eigenvalue weighted by Crippen LogP contribution is 2.30. The van der Waals surface area contributed by atoms with Crippen LogP contribution in [0.25, 0.3) is 11.4 Å². The van der Waals surface area contributed by atoms with E-state index in [-0.39, 0.29) is 28.7 Å². The van der Waals surface area contributed by atoms with Crippen LogP contribution in [0.2, 0.25) is 0 Å². The fourth-order valence-corrected chi connectivity index (χ4v) is 3.27. The van der Waals surface area contributed by atoms with E-state index in [2.05, 4.69) is 15.5 Å². The number of aryl methyl sites for hydroxylation is 1. The first-order valence-electron chi connectivity index (χ1n) is 8.42. The van der Waals surface area contributed by atoms with Crippen LogP contribution >= 0.6 is 0 Å². The van der Waals surface area contributed by atoms with Crippen molar-refractivity contribution in [2.45, 2.75) is 24.5 Å². The number of nitrogens with one attached hydrogen (secondary N) is 2. The van der Waals surface area contributed by atoms with Crippen LogP contribution < -0.4 is 10.0 Å². The van der Waals surface area contributed by atoms with Gasteiger partial charge in [-0.1, -0.05) is 35.0 Å². The average Bonchev–Trinajstić information content (AvgIpc) is 3.15. The highest BCUT2D eigenvalue weighted by Gasteiger charge is 2.30. The number of sulfonamides is 1. The SMILES string of the molecule is Cc1ccc(S(=O)(=O)NC(=O)NCc2nc(-c3ccc(C(F)(F)F)cc3)no2)cc1. The predicted molar refractivity (Wildman–Crippen MR) is 98.5 cm³/mol. The molecule has 8 nitrogen and oxygen atoms in total. The van der Waals surface area contributed by atoms with Gasteiger partial charge in [0.25, 0.3) is 10.0 Å². The second-order valence-electron chi connectivity index (χ2n) is 6.19. The van der Waals surface area contributed by atoms with E-state index in [4.69, 9.17) is 4.52 Å². The van der Waals surface area contributed by atoms with Gasteiger partial charge in [0.1, 0.15) is 0 Å². The number of amides is 2. The molecule has 2 N–H and O–H groups in total. The molecular weight excluding hydrogens is 425 g/mol. The van der Waals surface area contributed by atoms with Crippen molar-refractivity contribution in [1.82, 2.24) is 20.2 Å². The second kappa shape index (κ2) is 8.14. The van der Waals surface area contributed by atoms with Crippen molar-refractivity contribution in [3.63, 3.8) is 0 Å². The summed E-state index contributed by atoms with van der Waals surface area (Å²) >= 11 is 0. The summed E-state index contributed by atoms with van der Waals surface area (Å²) in [7, 11) is -4.06. The van der Waals surface area contributed by atoms with Gasteiger partial charge in [0.15, 0.2) is 0 Å². The molecule has 0 atom stereocenters. The van der Waals surface area contributed by atoms with Crippen molar-refractivity contribution in [1.29, 1.82) is 0 Å². The van der Waals surface area contributed by atoms with E-state index >= 15 is 0 Å². The number of urea groups is 1. The molecule has 0 saturated carbocycles. The first-order chi connectivity index (χ1) is 14.0. The number of hydrogen-bond donors (Lipinski definition) is 2. The lowest BCUT2D eigenvalue weighted by Gasteiger charge is -2.07. The zero-order valence-electron chi connectivity index (χ0n) is 15.4. The van der Waals surface area contributed by atoms with Crippen LogP contribution in [0.1, 0.15) is 17.0 Å². The molecule has 30 heavy (non-hydrogen) atoms. The van der Waals surface area contributed by atoms with Gasteiger partial charge in [0.2, 0.25) is 11.7 Å². The molecule has 0 aliphatic rings. The Morgan fingerprint density at radius 2 is 1.70 bits per heavy atom. The number of hydrogen-bond acceptors (Lipinski definition) is 6. The summed E-state index contributed by atoms with van der Waals surface area (Å²) in [6, 6.07) is 9.03.